The minimum atomic E-state index is -1.24. The Morgan fingerprint density at radius 3 is 2.76 bits per heavy atom. The van der Waals surface area contributed by atoms with Crippen LogP contribution in [0.1, 0.15) is 42.6 Å². The van der Waals surface area contributed by atoms with Crippen molar-refractivity contribution in [3.8, 4) is 0 Å². The van der Waals surface area contributed by atoms with Crippen LogP contribution < -0.4 is 0 Å². The van der Waals surface area contributed by atoms with Crippen LogP contribution in [-0.4, -0.2) is 34.0 Å². The van der Waals surface area contributed by atoms with Crippen molar-refractivity contribution in [2.24, 2.45) is 5.41 Å². The van der Waals surface area contributed by atoms with Gasteiger partial charge in [0.1, 0.15) is 5.56 Å². The number of nitro benzene ring substituents is 1. The van der Waals surface area contributed by atoms with Gasteiger partial charge in [-0.2, -0.15) is 0 Å². The molecule has 0 bridgehead atoms. The third kappa shape index (κ3) is 3.58. The number of hydrogen-bond acceptors (Lipinski definition) is 4. The minimum Gasteiger partial charge on any atom is -0.477 e. The first-order valence-electron chi connectivity index (χ1n) is 7.02. The Morgan fingerprint density at radius 1 is 1.48 bits per heavy atom. The molecule has 1 aromatic carbocycles. The first kappa shape index (κ1) is 15.4. The second-order valence-electron chi connectivity index (χ2n) is 6.35. The SMILES string of the molecule is CC1(C)CCCN(Cc2cccc([N+](=O)[O-])c2C(=O)O)C1. The molecule has 6 heteroatoms. The molecule has 1 saturated heterocycles. The van der Waals surface area contributed by atoms with Crippen molar-refractivity contribution < 1.29 is 14.8 Å². The number of carboxylic acids is 1. The monoisotopic (exact) mass is 292 g/mol. The van der Waals surface area contributed by atoms with Crippen LogP contribution in [0.5, 0.6) is 0 Å². The van der Waals surface area contributed by atoms with Gasteiger partial charge in [-0.05, 0) is 30.4 Å². The van der Waals surface area contributed by atoms with E-state index in [1.54, 1.807) is 12.1 Å². The van der Waals surface area contributed by atoms with Crippen LogP contribution in [0.2, 0.25) is 0 Å². The largest absolute Gasteiger partial charge is 0.477 e. The van der Waals surface area contributed by atoms with Crippen LogP contribution in [0.4, 0.5) is 5.69 Å². The van der Waals surface area contributed by atoms with E-state index in [2.05, 4.69) is 18.7 Å². The number of piperidine rings is 1. The van der Waals surface area contributed by atoms with Gasteiger partial charge in [0.25, 0.3) is 5.69 Å². The smallest absolute Gasteiger partial charge is 0.343 e. The maximum Gasteiger partial charge on any atom is 0.343 e. The van der Waals surface area contributed by atoms with E-state index in [-0.39, 0.29) is 16.7 Å². The van der Waals surface area contributed by atoms with Crippen molar-refractivity contribution in [3.63, 3.8) is 0 Å². The molecular weight excluding hydrogens is 272 g/mol. The number of hydrogen-bond donors (Lipinski definition) is 1. The van der Waals surface area contributed by atoms with Crippen molar-refractivity contribution in [2.45, 2.75) is 33.2 Å². The van der Waals surface area contributed by atoms with Gasteiger partial charge in [-0.15, -0.1) is 0 Å². The Labute approximate surface area is 123 Å². The summed E-state index contributed by atoms with van der Waals surface area (Å²) in [6.07, 6.45) is 2.20. The van der Waals surface area contributed by atoms with Crippen LogP contribution in [0.15, 0.2) is 18.2 Å². The second-order valence-corrected chi connectivity index (χ2v) is 6.35. The van der Waals surface area contributed by atoms with Crippen LogP contribution in [-0.2, 0) is 6.54 Å². The summed E-state index contributed by atoms with van der Waals surface area (Å²) in [5, 5.41) is 20.3. The number of carbonyl (C=O) groups is 1. The summed E-state index contributed by atoms with van der Waals surface area (Å²) in [5.74, 6) is -1.24. The van der Waals surface area contributed by atoms with Crippen molar-refractivity contribution in [1.29, 1.82) is 0 Å². The van der Waals surface area contributed by atoms with Gasteiger partial charge in [0.2, 0.25) is 0 Å². The zero-order chi connectivity index (χ0) is 15.6. The number of benzene rings is 1. The van der Waals surface area contributed by atoms with Gasteiger partial charge in [-0.25, -0.2) is 4.79 Å². The number of carboxylic acid groups (broad SMARTS) is 1. The average molecular weight is 292 g/mol. The highest BCUT2D eigenvalue weighted by atomic mass is 16.6. The number of nitro groups is 1. The van der Waals surface area contributed by atoms with Crippen molar-refractivity contribution in [2.75, 3.05) is 13.1 Å². The highest BCUT2D eigenvalue weighted by molar-refractivity contribution is 5.94. The van der Waals surface area contributed by atoms with Gasteiger partial charge in [0.05, 0.1) is 4.92 Å². The summed E-state index contributed by atoms with van der Waals surface area (Å²) in [6.45, 7) is 6.57. The van der Waals surface area contributed by atoms with Crippen molar-refractivity contribution >= 4 is 11.7 Å². The topological polar surface area (TPSA) is 83.7 Å². The Morgan fingerprint density at radius 2 is 2.19 bits per heavy atom. The molecule has 1 fully saturated rings. The van der Waals surface area contributed by atoms with E-state index in [0.717, 1.165) is 25.9 Å². The molecule has 21 heavy (non-hydrogen) atoms. The van der Waals surface area contributed by atoms with E-state index in [0.29, 0.717) is 12.1 Å². The predicted molar refractivity (Wildman–Crippen MR) is 78.3 cm³/mol. The first-order chi connectivity index (χ1) is 9.80. The number of nitrogens with zero attached hydrogens (tertiary/aromatic N) is 2. The van der Waals surface area contributed by atoms with E-state index in [9.17, 15) is 20.0 Å². The molecule has 0 radical (unpaired) electrons. The summed E-state index contributed by atoms with van der Waals surface area (Å²) in [4.78, 5) is 23.9. The first-order valence-corrected chi connectivity index (χ1v) is 7.02. The van der Waals surface area contributed by atoms with Gasteiger partial charge in [-0.1, -0.05) is 26.0 Å². The van der Waals surface area contributed by atoms with Crippen molar-refractivity contribution in [3.05, 3.63) is 39.4 Å². The molecule has 1 heterocycles. The molecule has 0 aromatic heterocycles. The Kier molecular flexibility index (Phi) is 4.27. The van der Waals surface area contributed by atoms with Crippen LogP contribution in [0.25, 0.3) is 0 Å². The number of likely N-dealkylation sites (tertiary alicyclic amines) is 1. The molecule has 6 nitrogen and oxygen atoms in total. The van der Waals surface area contributed by atoms with Gasteiger partial charge < -0.3 is 5.11 Å². The van der Waals surface area contributed by atoms with Crippen LogP contribution >= 0.6 is 0 Å². The molecule has 0 saturated carbocycles. The molecule has 1 aliphatic rings. The molecule has 1 N–H and O–H groups in total. The molecule has 0 unspecified atom stereocenters. The van der Waals surface area contributed by atoms with Crippen LogP contribution in [0.3, 0.4) is 0 Å². The van der Waals surface area contributed by atoms with E-state index in [1.807, 2.05) is 0 Å². The third-order valence-corrected chi connectivity index (χ3v) is 3.91. The standard InChI is InChI=1S/C15H20N2O4/c1-15(2)7-4-8-16(10-15)9-11-5-3-6-12(17(20)21)13(11)14(18)19/h3,5-6H,4,7-10H2,1-2H3,(H,18,19). The minimum absolute atomic E-state index is 0.189. The summed E-state index contributed by atoms with van der Waals surface area (Å²) < 4.78 is 0. The maximum absolute atomic E-state index is 11.4. The van der Waals surface area contributed by atoms with Gasteiger partial charge in [0, 0.05) is 19.2 Å². The van der Waals surface area contributed by atoms with Gasteiger partial charge >= 0.3 is 5.97 Å². The molecule has 0 aliphatic carbocycles. The fraction of sp³-hybridized carbons (Fsp3) is 0.533. The normalized spacial score (nSPS) is 18.4. The number of aromatic carboxylic acids is 1. The van der Waals surface area contributed by atoms with Gasteiger partial charge in [0.15, 0.2) is 0 Å². The lowest BCUT2D eigenvalue weighted by Crippen LogP contribution is -2.39. The van der Waals surface area contributed by atoms with Gasteiger partial charge in [-0.3, -0.25) is 15.0 Å². The lowest BCUT2D eigenvalue weighted by molar-refractivity contribution is -0.385. The summed E-state index contributed by atoms with van der Waals surface area (Å²) in [5.41, 5.74) is 0.180. The highest BCUT2D eigenvalue weighted by Gasteiger charge is 2.29. The summed E-state index contributed by atoms with van der Waals surface area (Å²) >= 11 is 0. The van der Waals surface area contributed by atoms with Crippen molar-refractivity contribution in [1.82, 2.24) is 4.90 Å². The molecule has 2 rings (SSSR count). The summed E-state index contributed by atoms with van der Waals surface area (Å²) in [7, 11) is 0. The van der Waals surface area contributed by atoms with E-state index in [1.165, 1.54) is 6.07 Å². The Bertz CT molecular complexity index is 569. The Hall–Kier alpha value is -1.95. The Balaban J connectivity index is 2.29. The second kappa shape index (κ2) is 5.81. The average Bonchev–Trinajstić information content (AvgIpc) is 2.36. The lowest BCUT2D eigenvalue weighted by Gasteiger charge is -2.38. The maximum atomic E-state index is 11.4. The molecule has 1 aromatic rings. The highest BCUT2D eigenvalue weighted by Crippen LogP contribution is 2.30. The zero-order valence-electron chi connectivity index (χ0n) is 12.3. The molecule has 0 spiro atoms. The molecule has 0 amide bonds. The fourth-order valence-corrected chi connectivity index (χ4v) is 3.04. The third-order valence-electron chi connectivity index (χ3n) is 3.91. The fourth-order valence-electron chi connectivity index (χ4n) is 3.04. The molecule has 114 valence electrons. The number of rotatable bonds is 4. The van der Waals surface area contributed by atoms with E-state index in [4.69, 9.17) is 0 Å². The quantitative estimate of drug-likeness (QED) is 0.681. The van der Waals surface area contributed by atoms with Crippen LogP contribution in [0, 0.1) is 15.5 Å². The summed E-state index contributed by atoms with van der Waals surface area (Å²) in [6, 6.07) is 4.46. The molecule has 0 atom stereocenters. The lowest BCUT2D eigenvalue weighted by atomic mass is 9.84. The molecule has 1 aliphatic heterocycles. The van der Waals surface area contributed by atoms with E-state index < -0.39 is 10.9 Å². The zero-order valence-corrected chi connectivity index (χ0v) is 12.3. The van der Waals surface area contributed by atoms with E-state index >= 15 is 0 Å². The predicted octanol–water partition coefficient (Wildman–Crippen LogP) is 2.92. The molecular formula is C15H20N2O4.